The number of rotatable bonds is 3. The van der Waals surface area contributed by atoms with Crippen molar-refractivity contribution in [3.63, 3.8) is 0 Å². The summed E-state index contributed by atoms with van der Waals surface area (Å²) in [6.45, 7) is 2.30. The summed E-state index contributed by atoms with van der Waals surface area (Å²) in [6, 6.07) is 0. The fraction of sp³-hybridized carbons (Fsp3) is 0.722. The van der Waals surface area contributed by atoms with E-state index in [-0.39, 0.29) is 18.5 Å². The third-order valence-electron chi connectivity index (χ3n) is 5.37. The van der Waals surface area contributed by atoms with Crippen LogP contribution in [0.5, 0.6) is 0 Å². The van der Waals surface area contributed by atoms with E-state index in [1.807, 2.05) is 0 Å². The Kier molecular flexibility index (Phi) is 4.48. The predicted molar refractivity (Wildman–Crippen MR) is 81.6 cm³/mol. The van der Waals surface area contributed by atoms with E-state index >= 15 is 0 Å². The van der Waals surface area contributed by atoms with Gasteiger partial charge in [0, 0.05) is 6.42 Å². The van der Waals surface area contributed by atoms with Crippen LogP contribution >= 0.6 is 0 Å². The van der Waals surface area contributed by atoms with Gasteiger partial charge in [-0.15, -0.1) is 0 Å². The number of esters is 1. The van der Waals surface area contributed by atoms with E-state index in [0.717, 1.165) is 12.8 Å². The number of carbonyl (C=O) groups excluding carboxylic acids is 1. The van der Waals surface area contributed by atoms with Crippen molar-refractivity contribution in [2.75, 3.05) is 0 Å². The van der Waals surface area contributed by atoms with Crippen LogP contribution in [0.3, 0.4) is 0 Å². The molecule has 0 radical (unpaired) electrons. The molecular formula is C18H26O3. The first kappa shape index (κ1) is 14.8. The largest absolute Gasteiger partial charge is 0.462 e. The molecule has 0 saturated carbocycles. The van der Waals surface area contributed by atoms with Crippen molar-refractivity contribution in [3.05, 3.63) is 23.8 Å². The maximum atomic E-state index is 11.4. The maximum Gasteiger partial charge on any atom is 0.308 e. The molecule has 116 valence electrons. The van der Waals surface area contributed by atoms with Gasteiger partial charge in [0.1, 0.15) is 6.10 Å². The smallest absolute Gasteiger partial charge is 0.308 e. The molecular weight excluding hydrogens is 264 g/mol. The molecule has 3 nitrogen and oxygen atoms in total. The van der Waals surface area contributed by atoms with Crippen LogP contribution in [0.1, 0.15) is 51.9 Å². The van der Waals surface area contributed by atoms with Crippen molar-refractivity contribution in [2.45, 2.75) is 64.1 Å². The highest BCUT2D eigenvalue weighted by Crippen LogP contribution is 2.42. The minimum atomic E-state index is -0.509. The summed E-state index contributed by atoms with van der Waals surface area (Å²) in [5, 5.41) is 9.71. The molecule has 21 heavy (non-hydrogen) atoms. The Labute approximate surface area is 127 Å². The van der Waals surface area contributed by atoms with Gasteiger partial charge < -0.3 is 9.84 Å². The predicted octanol–water partition coefficient (Wildman–Crippen LogP) is 3.38. The minimum absolute atomic E-state index is 0.0876. The summed E-state index contributed by atoms with van der Waals surface area (Å²) in [4.78, 5) is 11.4. The normalized spacial score (nSPS) is 39.4. The van der Waals surface area contributed by atoms with E-state index < -0.39 is 6.10 Å². The molecule has 0 amide bonds. The van der Waals surface area contributed by atoms with Crippen molar-refractivity contribution in [1.29, 1.82) is 0 Å². The van der Waals surface area contributed by atoms with Crippen molar-refractivity contribution in [2.24, 2.45) is 17.8 Å². The van der Waals surface area contributed by atoms with E-state index in [9.17, 15) is 9.90 Å². The van der Waals surface area contributed by atoms with Crippen LogP contribution in [-0.4, -0.2) is 23.3 Å². The number of hydrogen-bond donors (Lipinski definition) is 1. The summed E-state index contributed by atoms with van der Waals surface area (Å²) >= 11 is 0. The Morgan fingerprint density at radius 2 is 2.24 bits per heavy atom. The molecule has 0 bridgehead atoms. The van der Waals surface area contributed by atoms with Crippen LogP contribution in [-0.2, 0) is 9.53 Å². The third-order valence-corrected chi connectivity index (χ3v) is 5.37. The number of hydrogen-bond acceptors (Lipinski definition) is 3. The fourth-order valence-electron chi connectivity index (χ4n) is 4.23. The van der Waals surface area contributed by atoms with Gasteiger partial charge in [0.25, 0.3) is 0 Å². The molecule has 0 aromatic heterocycles. The Morgan fingerprint density at radius 1 is 1.38 bits per heavy atom. The summed E-state index contributed by atoms with van der Waals surface area (Å²) in [6.07, 6.45) is 13.0. The molecule has 5 unspecified atom stereocenters. The van der Waals surface area contributed by atoms with Gasteiger partial charge >= 0.3 is 5.97 Å². The second-order valence-electron chi connectivity index (χ2n) is 6.91. The number of cyclic esters (lactones) is 1. The zero-order chi connectivity index (χ0) is 14.8. The molecule has 0 aromatic carbocycles. The first-order valence-electron chi connectivity index (χ1n) is 8.39. The number of aliphatic hydroxyl groups is 1. The molecule has 1 saturated heterocycles. The zero-order valence-corrected chi connectivity index (χ0v) is 12.8. The summed E-state index contributed by atoms with van der Waals surface area (Å²) in [7, 11) is 0. The maximum absolute atomic E-state index is 11.4. The number of carbonyl (C=O) groups is 1. The molecule has 2 aliphatic carbocycles. The van der Waals surface area contributed by atoms with Gasteiger partial charge in [-0.3, -0.25) is 4.79 Å². The second-order valence-corrected chi connectivity index (χ2v) is 6.91. The van der Waals surface area contributed by atoms with Crippen molar-refractivity contribution < 1.29 is 14.6 Å². The summed E-state index contributed by atoms with van der Waals surface area (Å²) in [5.74, 6) is 1.69. The third kappa shape index (κ3) is 3.39. The highest BCUT2D eigenvalue weighted by Gasteiger charge is 2.33. The lowest BCUT2D eigenvalue weighted by Crippen LogP contribution is -2.34. The number of fused-ring (bicyclic) bond motifs is 1. The zero-order valence-electron chi connectivity index (χ0n) is 12.8. The van der Waals surface area contributed by atoms with Gasteiger partial charge in [0.15, 0.2) is 0 Å². The molecule has 1 aliphatic heterocycles. The molecule has 1 N–H and O–H groups in total. The van der Waals surface area contributed by atoms with Crippen molar-refractivity contribution in [3.8, 4) is 0 Å². The molecule has 1 fully saturated rings. The van der Waals surface area contributed by atoms with E-state index in [2.05, 4.69) is 25.2 Å². The second kappa shape index (κ2) is 6.35. The lowest BCUT2D eigenvalue weighted by atomic mass is 9.68. The highest BCUT2D eigenvalue weighted by molar-refractivity contribution is 5.70. The van der Waals surface area contributed by atoms with Crippen LogP contribution in [0.15, 0.2) is 23.8 Å². The Balaban J connectivity index is 1.61. The van der Waals surface area contributed by atoms with Gasteiger partial charge in [-0.05, 0) is 55.4 Å². The highest BCUT2D eigenvalue weighted by atomic mass is 16.5. The molecule has 0 aromatic rings. The van der Waals surface area contributed by atoms with Gasteiger partial charge in [-0.25, -0.2) is 0 Å². The number of allylic oxidation sites excluding steroid dienone is 4. The Hall–Kier alpha value is -1.09. The monoisotopic (exact) mass is 290 g/mol. The van der Waals surface area contributed by atoms with Crippen LogP contribution in [0, 0.1) is 17.8 Å². The Bertz CT molecular complexity index is 451. The van der Waals surface area contributed by atoms with E-state index in [0.29, 0.717) is 24.2 Å². The van der Waals surface area contributed by atoms with Gasteiger partial charge in [0.05, 0.1) is 12.5 Å². The quantitative estimate of drug-likeness (QED) is 0.811. The van der Waals surface area contributed by atoms with Crippen molar-refractivity contribution in [1.82, 2.24) is 0 Å². The topological polar surface area (TPSA) is 46.5 Å². The molecule has 3 heteroatoms. The molecule has 3 aliphatic rings. The van der Waals surface area contributed by atoms with Crippen LogP contribution < -0.4 is 0 Å². The molecule has 5 atom stereocenters. The number of ether oxygens (including phenoxy) is 1. The van der Waals surface area contributed by atoms with Gasteiger partial charge in [-0.1, -0.05) is 25.2 Å². The number of aliphatic hydroxyl groups excluding tert-OH is 1. The van der Waals surface area contributed by atoms with E-state index in [4.69, 9.17) is 4.74 Å². The summed E-state index contributed by atoms with van der Waals surface area (Å²) in [5.41, 5.74) is 1.52. The molecule has 0 spiro atoms. The van der Waals surface area contributed by atoms with Crippen LogP contribution in [0.25, 0.3) is 0 Å². The van der Waals surface area contributed by atoms with Gasteiger partial charge in [0.2, 0.25) is 0 Å². The first-order chi connectivity index (χ1) is 10.1. The Morgan fingerprint density at radius 3 is 3.05 bits per heavy atom. The SMILES string of the molecule is CC1C=CC2=CCCCC2C1CCC1CC(O)CC(=O)O1. The standard InChI is InChI=1S/C18H26O3/c1-12-6-7-13-4-2-3-5-17(13)16(12)9-8-15-10-14(19)11-18(20)21-15/h4,6-7,12,14-17,19H,2-3,5,8-11H2,1H3. The van der Waals surface area contributed by atoms with E-state index in [1.54, 1.807) is 0 Å². The molecule has 1 heterocycles. The van der Waals surface area contributed by atoms with Gasteiger partial charge in [-0.2, -0.15) is 0 Å². The average molecular weight is 290 g/mol. The minimum Gasteiger partial charge on any atom is -0.462 e. The lowest BCUT2D eigenvalue weighted by molar-refractivity contribution is -0.160. The summed E-state index contributed by atoms with van der Waals surface area (Å²) < 4.78 is 5.39. The van der Waals surface area contributed by atoms with Crippen LogP contribution in [0.4, 0.5) is 0 Å². The molecule has 3 rings (SSSR count). The fourth-order valence-corrected chi connectivity index (χ4v) is 4.23. The average Bonchev–Trinajstić information content (AvgIpc) is 2.45. The van der Waals surface area contributed by atoms with E-state index in [1.165, 1.54) is 24.8 Å². The lowest BCUT2D eigenvalue weighted by Gasteiger charge is -2.38. The van der Waals surface area contributed by atoms with Crippen LogP contribution in [0.2, 0.25) is 0 Å². The van der Waals surface area contributed by atoms with Crippen molar-refractivity contribution >= 4 is 5.97 Å². The first-order valence-corrected chi connectivity index (χ1v) is 8.39.